The van der Waals surface area contributed by atoms with Gasteiger partial charge in [0.2, 0.25) is 5.91 Å². The average Bonchev–Trinajstić information content (AvgIpc) is 3.75. The predicted molar refractivity (Wildman–Crippen MR) is 172 cm³/mol. The van der Waals surface area contributed by atoms with E-state index in [2.05, 4.69) is 26.3 Å². The van der Waals surface area contributed by atoms with Crippen LogP contribution in [0.3, 0.4) is 0 Å². The van der Waals surface area contributed by atoms with E-state index in [1.807, 2.05) is 42.6 Å². The number of nitrogens with zero attached hydrogens (tertiary/aromatic N) is 2. The average molecular weight is 633 g/mol. The Morgan fingerprint density at radius 3 is 2.44 bits per heavy atom. The number of thiazole rings is 1. The molecular weight excluding hydrogens is 592 g/mol. The molecule has 0 unspecified atom stereocenters. The van der Waals surface area contributed by atoms with Crippen molar-refractivity contribution < 1.29 is 23.9 Å². The Morgan fingerprint density at radius 1 is 1.04 bits per heavy atom. The summed E-state index contributed by atoms with van der Waals surface area (Å²) in [6.45, 7) is 5.41. The molecule has 1 aliphatic heterocycles. The summed E-state index contributed by atoms with van der Waals surface area (Å²) in [7, 11) is 0. The van der Waals surface area contributed by atoms with E-state index >= 15 is 0 Å². The molecule has 3 atom stereocenters. The highest BCUT2D eigenvalue weighted by atomic mass is 32.1. The van der Waals surface area contributed by atoms with Gasteiger partial charge in [-0.2, -0.15) is 0 Å². The third-order valence-corrected chi connectivity index (χ3v) is 8.61. The summed E-state index contributed by atoms with van der Waals surface area (Å²) in [5, 5.41) is 14.2. The maximum Gasteiger partial charge on any atom is 0.414 e. The molecule has 1 saturated carbocycles. The van der Waals surface area contributed by atoms with Crippen LogP contribution in [0.1, 0.15) is 71.1 Å². The molecule has 0 bridgehead atoms. The third-order valence-electron chi connectivity index (χ3n) is 7.97. The lowest BCUT2D eigenvalue weighted by Gasteiger charge is -2.27. The summed E-state index contributed by atoms with van der Waals surface area (Å²) in [5.41, 5.74) is 4.36. The molecule has 1 aromatic heterocycles. The maximum atomic E-state index is 13.8. The van der Waals surface area contributed by atoms with E-state index < -0.39 is 24.1 Å². The van der Waals surface area contributed by atoms with Crippen molar-refractivity contribution in [2.75, 3.05) is 31.1 Å². The summed E-state index contributed by atoms with van der Waals surface area (Å²) >= 11 is 1.47. The zero-order valence-corrected chi connectivity index (χ0v) is 26.4. The number of anilines is 1. The lowest BCUT2D eigenvalue weighted by Crippen LogP contribution is -2.49. The first-order valence-electron chi connectivity index (χ1n) is 15.4. The summed E-state index contributed by atoms with van der Waals surface area (Å²) in [4.78, 5) is 58.3. The van der Waals surface area contributed by atoms with Gasteiger partial charge in [0.1, 0.15) is 0 Å². The topological polar surface area (TPSA) is 142 Å². The highest BCUT2D eigenvalue weighted by Gasteiger charge is 2.26. The van der Waals surface area contributed by atoms with E-state index in [1.165, 1.54) is 22.3 Å². The van der Waals surface area contributed by atoms with Gasteiger partial charge in [-0.25, -0.2) is 9.78 Å². The number of aromatic nitrogens is 1. The van der Waals surface area contributed by atoms with Gasteiger partial charge in [-0.15, -0.1) is 11.3 Å². The van der Waals surface area contributed by atoms with Crippen molar-refractivity contribution in [1.29, 1.82) is 0 Å². The standard InChI is InChI=1S/C33H40N6O5S/c1-21(24-7-4-3-5-8-24)37-31(41)25-13-26(15-29(14-25)39-11-6-12-44-33(39)43)32(42)38-27(16-28-19-45-20-36-28)18-34-22(2)30(40)35-17-23-9-10-23/h3-5,7-8,13-15,19-23,27,34H,6,9-12,16-18H2,1-2H3,(H,35,40)(H,37,41)(H,38,42)/t21-,22+,27+/m1/s1. The molecule has 0 radical (unpaired) electrons. The zero-order chi connectivity index (χ0) is 31.8. The first-order valence-corrected chi connectivity index (χ1v) is 16.4. The molecule has 2 fully saturated rings. The monoisotopic (exact) mass is 632 g/mol. The quantitative estimate of drug-likeness (QED) is 0.212. The van der Waals surface area contributed by atoms with Gasteiger partial charge in [0, 0.05) is 54.3 Å². The van der Waals surface area contributed by atoms with Crippen molar-refractivity contribution in [1.82, 2.24) is 26.3 Å². The number of carbonyl (C=O) groups is 4. The minimum Gasteiger partial charge on any atom is -0.449 e. The van der Waals surface area contributed by atoms with Gasteiger partial charge in [0.25, 0.3) is 11.8 Å². The second-order valence-electron chi connectivity index (χ2n) is 11.7. The molecule has 1 saturated heterocycles. The van der Waals surface area contributed by atoms with Gasteiger partial charge in [0.05, 0.1) is 29.9 Å². The van der Waals surface area contributed by atoms with Gasteiger partial charge in [-0.05, 0) is 62.8 Å². The number of nitrogens with one attached hydrogen (secondary N) is 4. The second kappa shape index (κ2) is 15.1. The van der Waals surface area contributed by atoms with E-state index in [1.54, 1.807) is 24.6 Å². The highest BCUT2D eigenvalue weighted by Crippen LogP contribution is 2.27. The van der Waals surface area contributed by atoms with Crippen LogP contribution in [-0.4, -0.2) is 67.1 Å². The Bertz CT molecular complexity index is 1480. The zero-order valence-electron chi connectivity index (χ0n) is 25.6. The molecule has 11 nitrogen and oxygen atoms in total. The van der Waals surface area contributed by atoms with Crippen LogP contribution in [0.2, 0.25) is 0 Å². The van der Waals surface area contributed by atoms with Gasteiger partial charge < -0.3 is 26.0 Å². The van der Waals surface area contributed by atoms with Crippen LogP contribution in [0.25, 0.3) is 0 Å². The smallest absolute Gasteiger partial charge is 0.414 e. The lowest BCUT2D eigenvalue weighted by molar-refractivity contribution is -0.122. The Labute approximate surface area is 267 Å². The van der Waals surface area contributed by atoms with Crippen molar-refractivity contribution in [2.24, 2.45) is 5.92 Å². The number of rotatable bonds is 14. The number of hydrogen-bond acceptors (Lipinski definition) is 8. The first-order chi connectivity index (χ1) is 21.8. The van der Waals surface area contributed by atoms with Crippen molar-refractivity contribution >= 4 is 40.8 Å². The molecule has 3 aromatic rings. The van der Waals surface area contributed by atoms with Crippen molar-refractivity contribution in [3.05, 3.63) is 81.8 Å². The predicted octanol–water partition coefficient (Wildman–Crippen LogP) is 3.83. The largest absolute Gasteiger partial charge is 0.449 e. The minimum atomic E-state index is -0.526. The van der Waals surface area contributed by atoms with Crippen LogP contribution in [0.5, 0.6) is 0 Å². The summed E-state index contributed by atoms with van der Waals surface area (Å²) in [6, 6.07) is 13.2. The van der Waals surface area contributed by atoms with Crippen LogP contribution in [-0.2, 0) is 16.0 Å². The lowest BCUT2D eigenvalue weighted by atomic mass is 10.0. The van der Waals surface area contributed by atoms with Crippen molar-refractivity contribution in [2.45, 2.75) is 57.7 Å². The van der Waals surface area contributed by atoms with Crippen LogP contribution in [0, 0.1) is 5.92 Å². The molecule has 238 valence electrons. The van der Waals surface area contributed by atoms with Gasteiger partial charge in [-0.1, -0.05) is 30.3 Å². The fourth-order valence-electron chi connectivity index (χ4n) is 5.09. The van der Waals surface area contributed by atoms with Gasteiger partial charge >= 0.3 is 6.09 Å². The highest BCUT2D eigenvalue weighted by molar-refractivity contribution is 7.07. The summed E-state index contributed by atoms with van der Waals surface area (Å²) < 4.78 is 5.24. The fourth-order valence-corrected chi connectivity index (χ4v) is 5.66. The number of cyclic esters (lactones) is 1. The summed E-state index contributed by atoms with van der Waals surface area (Å²) in [5.74, 6) is -0.296. The Hall–Kier alpha value is -4.29. The molecular formula is C33H40N6O5S. The molecule has 0 spiro atoms. The molecule has 2 aliphatic rings. The molecule has 12 heteroatoms. The van der Waals surface area contributed by atoms with Crippen LogP contribution >= 0.6 is 11.3 Å². The molecule has 1 aliphatic carbocycles. The molecule has 4 N–H and O–H groups in total. The minimum absolute atomic E-state index is 0.0814. The van der Waals surface area contributed by atoms with Crippen LogP contribution in [0.15, 0.2) is 59.4 Å². The summed E-state index contributed by atoms with van der Waals surface area (Å²) in [6.07, 6.45) is 2.85. The van der Waals surface area contributed by atoms with E-state index in [4.69, 9.17) is 4.74 Å². The number of amides is 4. The van der Waals surface area contributed by atoms with Gasteiger partial charge in [-0.3, -0.25) is 19.3 Å². The van der Waals surface area contributed by atoms with Crippen LogP contribution < -0.4 is 26.2 Å². The van der Waals surface area contributed by atoms with Crippen LogP contribution in [0.4, 0.5) is 10.5 Å². The van der Waals surface area contributed by atoms with Crippen molar-refractivity contribution in [3.8, 4) is 0 Å². The number of benzene rings is 2. The molecule has 2 heterocycles. The normalized spacial score (nSPS) is 16.7. The maximum absolute atomic E-state index is 13.8. The Kier molecular flexibility index (Phi) is 10.8. The first kappa shape index (κ1) is 32.1. The number of carbonyl (C=O) groups excluding carboxylic acids is 4. The molecule has 4 amide bonds. The third kappa shape index (κ3) is 9.11. The molecule has 5 rings (SSSR count). The Balaban J connectivity index is 1.34. The van der Waals surface area contributed by atoms with E-state index in [9.17, 15) is 19.2 Å². The SMILES string of the molecule is C[C@H](NC[C@H](Cc1cscn1)NC(=O)c1cc(C(=O)N[C@H](C)c2ccccc2)cc(N2CCCOC2=O)c1)C(=O)NCC1CC1. The number of hydrogen-bond donors (Lipinski definition) is 4. The molecule has 45 heavy (non-hydrogen) atoms. The Morgan fingerprint density at radius 2 is 1.78 bits per heavy atom. The van der Waals surface area contributed by atoms with Crippen molar-refractivity contribution in [3.63, 3.8) is 0 Å². The second-order valence-corrected chi connectivity index (χ2v) is 12.4. The van der Waals surface area contributed by atoms with E-state index in [0.29, 0.717) is 50.7 Å². The van der Waals surface area contributed by atoms with E-state index in [0.717, 1.165) is 24.1 Å². The van der Waals surface area contributed by atoms with E-state index in [-0.39, 0.29) is 29.0 Å². The van der Waals surface area contributed by atoms with Gasteiger partial charge in [0.15, 0.2) is 0 Å². The number of ether oxygens (including phenoxy) is 1. The molecule has 2 aromatic carbocycles. The fraction of sp³-hybridized carbons (Fsp3) is 0.424.